The predicted molar refractivity (Wildman–Crippen MR) is 468 cm³/mol. The van der Waals surface area contributed by atoms with Gasteiger partial charge in [-0.15, -0.1) is 0 Å². The Kier molecular flexibility index (Phi) is 26.3. The summed E-state index contributed by atoms with van der Waals surface area (Å²) < 4.78 is 62.1. The Morgan fingerprint density at radius 2 is 0.365 bits per heavy atom. The van der Waals surface area contributed by atoms with Gasteiger partial charge in [-0.25, -0.2) is 0 Å². The van der Waals surface area contributed by atoms with E-state index in [1.165, 1.54) is 11.1 Å². The molecule has 3 aliphatic rings. The largest absolute Gasteiger partial charge is 0.491 e. The number of benzene rings is 7. The van der Waals surface area contributed by atoms with Gasteiger partial charge >= 0.3 is 17.9 Å². The standard InChI is InChI=1S/C103H140O12/c1-94(2,3)77-46-63-39-65-48-78(95(4,5)6)50-67(85(65)61-88(105)114-102(25,26)27)41-69-52-80(97(10,11)12)54-71-43-73-56-82(99(16,17)18)58-75-45-76-59-83(100(19,20)21)57-74(93(76)112-38-34-108-33-37-111-92(73)75)44-72-55-81(98(13,14)15)53-70(91(72)110-36-32-107-31-35-109-90(69)71)42-68-51-79(96(7,8)9)49-66(86(68)62-89(106)115-103(28,29)30)40-64(47-77)84(63)60-87(104)113-101(22,23)24/h46-59H,31-45,60-62H2,1-30H3. The molecule has 3 aliphatic heterocycles. The summed E-state index contributed by atoms with van der Waals surface area (Å²) in [4.78, 5) is 45.7. The van der Waals surface area contributed by atoms with E-state index in [4.69, 9.17) is 42.6 Å². The van der Waals surface area contributed by atoms with E-state index < -0.39 is 22.2 Å². The van der Waals surface area contributed by atoms with Crippen LogP contribution in [0.4, 0.5) is 0 Å². The monoisotopic (exact) mass is 1570 g/mol. The van der Waals surface area contributed by atoms with Gasteiger partial charge < -0.3 is 42.6 Å². The Balaban J connectivity index is 1.45. The average molecular weight is 1570 g/mol. The Hall–Kier alpha value is -7.93. The zero-order valence-corrected chi connectivity index (χ0v) is 76.2. The van der Waals surface area contributed by atoms with E-state index in [9.17, 15) is 0 Å². The van der Waals surface area contributed by atoms with E-state index in [1.807, 2.05) is 62.3 Å². The first kappa shape index (κ1) is 89.4. The van der Waals surface area contributed by atoms with E-state index in [0.29, 0.717) is 71.4 Å². The molecule has 0 aliphatic carbocycles. The number of carbonyl (C=O) groups is 3. The molecule has 0 saturated heterocycles. The van der Waals surface area contributed by atoms with Crippen LogP contribution in [0, 0.1) is 0 Å². The molecule has 7 aromatic carbocycles. The molecule has 12 nitrogen and oxygen atoms in total. The lowest BCUT2D eigenvalue weighted by molar-refractivity contribution is -0.155. The van der Waals surface area contributed by atoms with Gasteiger partial charge in [0, 0.05) is 32.1 Å². The maximum atomic E-state index is 15.2. The summed E-state index contributed by atoms with van der Waals surface area (Å²) in [6, 6.07) is 32.6. The van der Waals surface area contributed by atoms with Crippen molar-refractivity contribution in [1.82, 2.24) is 0 Å². The van der Waals surface area contributed by atoms with E-state index in [0.717, 1.165) is 145 Å². The number of hydrogen-bond acceptors (Lipinski definition) is 12. The van der Waals surface area contributed by atoms with Crippen molar-refractivity contribution in [2.75, 3.05) is 52.9 Å². The average Bonchev–Trinajstić information content (AvgIpc) is 0.766. The quantitative estimate of drug-likeness (QED) is 0.0891. The molecule has 0 spiro atoms. The summed E-state index contributed by atoms with van der Waals surface area (Å²) in [5, 5.41) is 0. The third-order valence-electron chi connectivity index (χ3n) is 22.1. The third kappa shape index (κ3) is 23.5. The number of fused-ring (bicyclic) bond motifs is 12. The van der Waals surface area contributed by atoms with Crippen molar-refractivity contribution in [1.29, 1.82) is 0 Å². The molecule has 3 heterocycles. The first-order valence-electron chi connectivity index (χ1n) is 42.4. The van der Waals surface area contributed by atoms with Crippen LogP contribution in [-0.4, -0.2) is 87.6 Å². The van der Waals surface area contributed by atoms with Crippen molar-refractivity contribution in [3.05, 3.63) is 218 Å². The Labute approximate surface area is 692 Å². The molecule has 0 atom stereocenters. The van der Waals surface area contributed by atoms with Crippen LogP contribution in [0.5, 0.6) is 23.0 Å². The minimum absolute atomic E-state index is 0.0323. The van der Waals surface area contributed by atoms with Gasteiger partial charge in [0.15, 0.2) is 0 Å². The van der Waals surface area contributed by atoms with Gasteiger partial charge in [-0.1, -0.05) is 230 Å². The van der Waals surface area contributed by atoms with Crippen molar-refractivity contribution < 1.29 is 57.0 Å². The Bertz CT molecular complexity index is 4460. The summed E-state index contributed by atoms with van der Waals surface area (Å²) in [6.45, 7) is 67.1. The van der Waals surface area contributed by atoms with Crippen LogP contribution in [0.3, 0.4) is 0 Å². The van der Waals surface area contributed by atoms with Crippen molar-refractivity contribution in [2.45, 2.75) is 327 Å². The zero-order valence-electron chi connectivity index (χ0n) is 76.2. The molecule has 10 rings (SSSR count). The van der Waals surface area contributed by atoms with Crippen LogP contribution in [0.2, 0.25) is 0 Å². The smallest absolute Gasteiger partial charge is 0.310 e. The van der Waals surface area contributed by atoms with E-state index in [-0.39, 0.29) is 96.1 Å². The molecule has 0 fully saturated rings. The van der Waals surface area contributed by atoms with Gasteiger partial charge in [0.05, 0.1) is 45.7 Å². The molecule has 115 heavy (non-hydrogen) atoms. The lowest BCUT2D eigenvalue weighted by Crippen LogP contribution is -2.27. The van der Waals surface area contributed by atoms with Crippen molar-refractivity contribution in [3.8, 4) is 23.0 Å². The van der Waals surface area contributed by atoms with Gasteiger partial charge in [-0.3, -0.25) is 14.4 Å². The molecule has 624 valence electrons. The maximum absolute atomic E-state index is 15.2. The van der Waals surface area contributed by atoms with Gasteiger partial charge in [-0.05, 0) is 247 Å². The Morgan fingerprint density at radius 1 is 0.226 bits per heavy atom. The van der Waals surface area contributed by atoms with Crippen molar-refractivity contribution in [2.24, 2.45) is 0 Å². The molecule has 0 N–H and O–H groups in total. The molecule has 0 unspecified atom stereocenters. The number of esters is 3. The molecule has 14 bridgehead atoms. The third-order valence-corrected chi connectivity index (χ3v) is 22.1. The highest BCUT2D eigenvalue weighted by atomic mass is 16.6. The zero-order chi connectivity index (χ0) is 84.9. The normalized spacial score (nSPS) is 15.5. The molecule has 0 amide bonds. The van der Waals surface area contributed by atoms with E-state index in [2.05, 4.69) is 230 Å². The fraction of sp³-hybridized carbons (Fsp3) is 0.563. The predicted octanol–water partition coefficient (Wildman–Crippen LogP) is 22.4. The first-order chi connectivity index (χ1) is 52.9. The number of carbonyl (C=O) groups excluding carboxylic acids is 3. The summed E-state index contributed by atoms with van der Waals surface area (Å²) in [6.07, 6.45) is 2.75. The second-order valence-corrected chi connectivity index (χ2v) is 43.2. The number of hydrogen-bond donors (Lipinski definition) is 0. The summed E-state index contributed by atoms with van der Waals surface area (Å²) in [5.41, 5.74) is 19.3. The number of ether oxygens (including phenoxy) is 9. The molecular weight excluding hydrogens is 1430 g/mol. The SMILES string of the molecule is CC(C)(C)OC(=O)Cc1c2cc(C(C)(C)C)cc1Cc1cc(C(C)(C)C)cc(c1CC(=O)OC(C)(C)C)Cc1cc(C(C)(C)C)cc3c1OCCOCCOc1c(cc(C(C)(C)C)cc1Cc1cc(C(C)(C)C)cc4c1OCCOCCOc1c(cc(C(C)(C)C)cc1C4)C3)Cc1cc(C(C)(C)C)cc(c1CC(=O)OC(C)(C)C)C2. The highest BCUT2D eigenvalue weighted by molar-refractivity contribution is 5.77. The van der Waals surface area contributed by atoms with E-state index >= 15 is 14.4 Å². The van der Waals surface area contributed by atoms with Crippen LogP contribution in [0.25, 0.3) is 0 Å². The second kappa shape index (κ2) is 33.8. The number of rotatable bonds is 6. The summed E-state index contributed by atoms with van der Waals surface area (Å²) in [5.74, 6) is 2.03. The van der Waals surface area contributed by atoms with Gasteiger partial charge in [0.1, 0.15) is 66.2 Å². The molecule has 12 heteroatoms. The molecule has 0 aromatic heterocycles. The minimum atomic E-state index is -0.802. The van der Waals surface area contributed by atoms with Crippen LogP contribution in [-0.2, 0) is 140 Å². The van der Waals surface area contributed by atoms with Crippen molar-refractivity contribution in [3.63, 3.8) is 0 Å². The second-order valence-electron chi connectivity index (χ2n) is 43.2. The van der Waals surface area contributed by atoms with Gasteiger partial charge in [0.25, 0.3) is 0 Å². The van der Waals surface area contributed by atoms with Crippen molar-refractivity contribution >= 4 is 17.9 Å². The minimum Gasteiger partial charge on any atom is -0.491 e. The fourth-order valence-corrected chi connectivity index (χ4v) is 15.9. The lowest BCUT2D eigenvalue weighted by atomic mass is 9.76. The maximum Gasteiger partial charge on any atom is 0.310 e. The summed E-state index contributed by atoms with van der Waals surface area (Å²) in [7, 11) is 0. The highest BCUT2D eigenvalue weighted by Gasteiger charge is 2.35. The lowest BCUT2D eigenvalue weighted by Gasteiger charge is -2.30. The fourth-order valence-electron chi connectivity index (χ4n) is 15.9. The molecular formula is C103H140O12. The van der Waals surface area contributed by atoms with Crippen LogP contribution < -0.4 is 18.9 Å². The summed E-state index contributed by atoms with van der Waals surface area (Å²) >= 11 is 0. The van der Waals surface area contributed by atoms with Gasteiger partial charge in [0.2, 0.25) is 0 Å². The molecule has 0 saturated carbocycles. The Morgan fingerprint density at radius 3 is 0.513 bits per heavy atom. The van der Waals surface area contributed by atoms with Crippen LogP contribution >= 0.6 is 0 Å². The first-order valence-corrected chi connectivity index (χ1v) is 42.4. The molecule has 7 aromatic rings. The van der Waals surface area contributed by atoms with Crippen LogP contribution in [0.15, 0.2) is 84.9 Å². The van der Waals surface area contributed by atoms with Crippen LogP contribution in [0.1, 0.15) is 341 Å². The van der Waals surface area contributed by atoms with Gasteiger partial charge in [-0.2, -0.15) is 0 Å². The topological polar surface area (TPSA) is 134 Å². The molecule has 0 radical (unpaired) electrons. The highest BCUT2D eigenvalue weighted by Crippen LogP contribution is 2.47. The van der Waals surface area contributed by atoms with E-state index in [1.54, 1.807) is 0 Å².